The normalized spacial score (nSPS) is 11.4. The van der Waals surface area contributed by atoms with Crippen molar-refractivity contribution in [2.45, 2.75) is 6.92 Å². The van der Waals surface area contributed by atoms with Gasteiger partial charge < -0.3 is 10.8 Å². The second-order valence-corrected chi connectivity index (χ2v) is 3.34. The Bertz CT molecular complexity index is 399. The molecule has 0 aliphatic heterocycles. The van der Waals surface area contributed by atoms with Crippen LogP contribution >= 0.6 is 11.6 Å². The fourth-order valence-corrected chi connectivity index (χ4v) is 1.15. The molecule has 1 aromatic carbocycles. The van der Waals surface area contributed by atoms with Crippen LogP contribution < -0.4 is 5.73 Å². The summed E-state index contributed by atoms with van der Waals surface area (Å²) in [6.45, 7) is 1.51. The molecule has 0 aromatic heterocycles. The summed E-state index contributed by atoms with van der Waals surface area (Å²) >= 11 is 5.70. The van der Waals surface area contributed by atoms with Gasteiger partial charge in [0.25, 0.3) is 0 Å². The van der Waals surface area contributed by atoms with Crippen molar-refractivity contribution in [2.24, 2.45) is 0 Å². The number of rotatable bonds is 2. The Morgan fingerprint density at radius 3 is 2.71 bits per heavy atom. The van der Waals surface area contributed by atoms with Crippen LogP contribution in [0.25, 0.3) is 6.08 Å². The lowest BCUT2D eigenvalue weighted by atomic mass is 10.1. The van der Waals surface area contributed by atoms with Crippen molar-refractivity contribution in [1.82, 2.24) is 0 Å². The van der Waals surface area contributed by atoms with Crippen LogP contribution in [-0.2, 0) is 4.79 Å². The number of carboxylic acid groups (broad SMARTS) is 1. The van der Waals surface area contributed by atoms with E-state index >= 15 is 0 Å². The van der Waals surface area contributed by atoms with Gasteiger partial charge in [0.1, 0.15) is 0 Å². The van der Waals surface area contributed by atoms with Crippen LogP contribution in [0.2, 0.25) is 5.02 Å². The standard InChI is InChI=1S/C10H10ClNO2/c1-6(10(13)14)4-7-2-3-8(11)5-9(7)12/h2-5H,12H2,1H3,(H,13,14)/b6-4-. The molecule has 3 N–H and O–H groups in total. The van der Waals surface area contributed by atoms with E-state index in [0.717, 1.165) is 0 Å². The predicted molar refractivity (Wildman–Crippen MR) is 57.2 cm³/mol. The molecule has 0 bridgehead atoms. The first-order valence-electron chi connectivity index (χ1n) is 3.97. The topological polar surface area (TPSA) is 63.3 Å². The van der Waals surface area contributed by atoms with Crippen molar-refractivity contribution in [3.05, 3.63) is 34.4 Å². The highest BCUT2D eigenvalue weighted by atomic mass is 35.5. The number of benzene rings is 1. The Morgan fingerprint density at radius 1 is 1.57 bits per heavy atom. The van der Waals surface area contributed by atoms with Gasteiger partial charge in [0, 0.05) is 16.3 Å². The van der Waals surface area contributed by atoms with E-state index in [4.69, 9.17) is 22.4 Å². The lowest BCUT2D eigenvalue weighted by Gasteiger charge is -2.01. The van der Waals surface area contributed by atoms with E-state index < -0.39 is 5.97 Å². The van der Waals surface area contributed by atoms with Crippen LogP contribution in [0, 0.1) is 0 Å². The fraction of sp³-hybridized carbons (Fsp3) is 0.100. The number of halogens is 1. The SMILES string of the molecule is C/C(=C/c1ccc(Cl)cc1N)C(=O)O. The van der Waals surface area contributed by atoms with Crippen LogP contribution in [-0.4, -0.2) is 11.1 Å². The fourth-order valence-electron chi connectivity index (χ4n) is 0.972. The van der Waals surface area contributed by atoms with Crippen LogP contribution in [0.1, 0.15) is 12.5 Å². The highest BCUT2D eigenvalue weighted by Crippen LogP contribution is 2.20. The number of carboxylic acids is 1. The van der Waals surface area contributed by atoms with Crippen molar-refractivity contribution in [2.75, 3.05) is 5.73 Å². The molecule has 0 radical (unpaired) electrons. The van der Waals surface area contributed by atoms with Gasteiger partial charge in [0.05, 0.1) is 0 Å². The largest absolute Gasteiger partial charge is 0.478 e. The van der Waals surface area contributed by atoms with Gasteiger partial charge in [-0.25, -0.2) is 4.79 Å². The first-order chi connectivity index (χ1) is 6.50. The van der Waals surface area contributed by atoms with E-state index in [1.165, 1.54) is 13.0 Å². The smallest absolute Gasteiger partial charge is 0.331 e. The molecule has 0 fully saturated rings. The van der Waals surface area contributed by atoms with Crippen LogP contribution in [0.5, 0.6) is 0 Å². The Morgan fingerprint density at radius 2 is 2.21 bits per heavy atom. The number of hydrogen-bond donors (Lipinski definition) is 2. The third-order valence-corrected chi connectivity index (χ3v) is 1.99. The van der Waals surface area contributed by atoms with E-state index in [9.17, 15) is 4.79 Å². The molecule has 0 aliphatic rings. The number of hydrogen-bond acceptors (Lipinski definition) is 2. The predicted octanol–water partition coefficient (Wildman–Crippen LogP) is 2.41. The van der Waals surface area contributed by atoms with Gasteiger partial charge in [0.2, 0.25) is 0 Å². The first-order valence-corrected chi connectivity index (χ1v) is 4.35. The molecule has 1 rings (SSSR count). The summed E-state index contributed by atoms with van der Waals surface area (Å²) < 4.78 is 0. The highest BCUT2D eigenvalue weighted by molar-refractivity contribution is 6.30. The molecular weight excluding hydrogens is 202 g/mol. The lowest BCUT2D eigenvalue weighted by Crippen LogP contribution is -1.96. The summed E-state index contributed by atoms with van der Waals surface area (Å²) in [4.78, 5) is 10.5. The quantitative estimate of drug-likeness (QED) is 0.583. The Labute approximate surface area is 86.8 Å². The van der Waals surface area contributed by atoms with Gasteiger partial charge >= 0.3 is 5.97 Å². The molecule has 0 atom stereocenters. The zero-order valence-corrected chi connectivity index (χ0v) is 8.38. The number of carbonyl (C=O) groups is 1. The van der Waals surface area contributed by atoms with Crippen molar-refractivity contribution in [3.63, 3.8) is 0 Å². The van der Waals surface area contributed by atoms with Crippen LogP contribution in [0.15, 0.2) is 23.8 Å². The average Bonchev–Trinajstić information content (AvgIpc) is 2.09. The average molecular weight is 212 g/mol. The van der Waals surface area contributed by atoms with E-state index in [2.05, 4.69) is 0 Å². The molecule has 74 valence electrons. The van der Waals surface area contributed by atoms with Gasteiger partial charge in [-0.2, -0.15) is 0 Å². The van der Waals surface area contributed by atoms with Gasteiger partial charge in [-0.05, 0) is 30.7 Å². The molecular formula is C10H10ClNO2. The maximum atomic E-state index is 10.5. The number of aliphatic carboxylic acids is 1. The highest BCUT2D eigenvalue weighted by Gasteiger charge is 2.02. The summed E-state index contributed by atoms with van der Waals surface area (Å²) in [7, 11) is 0. The Kier molecular flexibility index (Phi) is 3.14. The van der Waals surface area contributed by atoms with Crippen LogP contribution in [0.3, 0.4) is 0 Å². The summed E-state index contributed by atoms with van der Waals surface area (Å²) in [5.41, 5.74) is 7.01. The minimum atomic E-state index is -0.959. The van der Waals surface area contributed by atoms with E-state index in [-0.39, 0.29) is 5.57 Å². The van der Waals surface area contributed by atoms with Gasteiger partial charge in [-0.15, -0.1) is 0 Å². The second kappa shape index (κ2) is 4.15. The van der Waals surface area contributed by atoms with Crippen molar-refractivity contribution in [3.8, 4) is 0 Å². The van der Waals surface area contributed by atoms with Crippen molar-refractivity contribution in [1.29, 1.82) is 0 Å². The maximum Gasteiger partial charge on any atom is 0.331 e. The Balaban J connectivity index is 3.09. The van der Waals surface area contributed by atoms with Gasteiger partial charge in [-0.1, -0.05) is 17.7 Å². The summed E-state index contributed by atoms with van der Waals surface area (Å²) in [5, 5.41) is 9.19. The molecule has 0 saturated carbocycles. The lowest BCUT2D eigenvalue weighted by molar-refractivity contribution is -0.132. The summed E-state index contributed by atoms with van der Waals surface area (Å²) in [6.07, 6.45) is 1.51. The molecule has 1 aromatic rings. The monoisotopic (exact) mass is 211 g/mol. The molecule has 0 unspecified atom stereocenters. The molecule has 0 heterocycles. The molecule has 3 nitrogen and oxygen atoms in total. The third-order valence-electron chi connectivity index (χ3n) is 1.76. The summed E-state index contributed by atoms with van der Waals surface area (Å²) in [6, 6.07) is 4.94. The van der Waals surface area contributed by atoms with Gasteiger partial charge in [0.15, 0.2) is 0 Å². The third kappa shape index (κ3) is 2.50. The van der Waals surface area contributed by atoms with Crippen molar-refractivity contribution < 1.29 is 9.90 Å². The number of anilines is 1. The van der Waals surface area contributed by atoms with E-state index in [1.54, 1.807) is 18.2 Å². The number of nitrogen functional groups attached to an aromatic ring is 1. The molecule has 0 spiro atoms. The second-order valence-electron chi connectivity index (χ2n) is 2.91. The zero-order valence-electron chi connectivity index (χ0n) is 7.62. The van der Waals surface area contributed by atoms with E-state index in [1.807, 2.05) is 0 Å². The minimum Gasteiger partial charge on any atom is -0.478 e. The molecule has 14 heavy (non-hydrogen) atoms. The first kappa shape index (κ1) is 10.6. The number of nitrogens with two attached hydrogens (primary N) is 1. The Hall–Kier alpha value is -1.48. The molecule has 4 heteroatoms. The maximum absolute atomic E-state index is 10.5. The molecule has 0 saturated heterocycles. The van der Waals surface area contributed by atoms with Crippen LogP contribution in [0.4, 0.5) is 5.69 Å². The van der Waals surface area contributed by atoms with Gasteiger partial charge in [-0.3, -0.25) is 0 Å². The zero-order chi connectivity index (χ0) is 10.7. The molecule has 0 aliphatic carbocycles. The van der Waals surface area contributed by atoms with Crippen molar-refractivity contribution >= 4 is 29.3 Å². The minimum absolute atomic E-state index is 0.235. The summed E-state index contributed by atoms with van der Waals surface area (Å²) in [5.74, 6) is -0.959. The van der Waals surface area contributed by atoms with E-state index in [0.29, 0.717) is 16.3 Å². The molecule has 0 amide bonds.